The van der Waals surface area contributed by atoms with Crippen LogP contribution < -0.4 is 5.32 Å². The Kier molecular flexibility index (Phi) is 3.34. The van der Waals surface area contributed by atoms with E-state index in [2.05, 4.69) is 5.32 Å². The summed E-state index contributed by atoms with van der Waals surface area (Å²) in [4.78, 5) is 12.1. The molecule has 0 saturated heterocycles. The minimum absolute atomic E-state index is 0.0940. The molecular formula is C15H10ClNO2S. The Morgan fingerprint density at radius 1 is 1.15 bits per heavy atom. The maximum atomic E-state index is 12.1. The Hall–Kier alpha value is -2.04. The molecule has 0 saturated carbocycles. The summed E-state index contributed by atoms with van der Waals surface area (Å²) in [6.07, 6.45) is 0. The van der Waals surface area contributed by atoms with Crippen LogP contribution in [-0.2, 0) is 0 Å². The molecule has 0 atom stereocenters. The topological polar surface area (TPSA) is 49.3 Å². The van der Waals surface area contributed by atoms with Gasteiger partial charge in [0.15, 0.2) is 0 Å². The molecule has 1 amide bonds. The zero-order valence-corrected chi connectivity index (χ0v) is 11.8. The van der Waals surface area contributed by atoms with Gasteiger partial charge in [-0.2, -0.15) is 0 Å². The molecular weight excluding hydrogens is 294 g/mol. The van der Waals surface area contributed by atoms with Crippen molar-refractivity contribution in [3.63, 3.8) is 0 Å². The number of benzene rings is 2. The van der Waals surface area contributed by atoms with Crippen molar-refractivity contribution >= 4 is 44.6 Å². The molecule has 0 radical (unpaired) electrons. The molecule has 3 nitrogen and oxygen atoms in total. The van der Waals surface area contributed by atoms with Gasteiger partial charge in [-0.3, -0.25) is 4.79 Å². The number of thiophene rings is 1. The lowest BCUT2D eigenvalue weighted by Gasteiger charge is -2.07. The van der Waals surface area contributed by atoms with E-state index in [-0.39, 0.29) is 17.2 Å². The zero-order valence-electron chi connectivity index (χ0n) is 10.3. The second-order valence-electron chi connectivity index (χ2n) is 4.29. The molecule has 0 bridgehead atoms. The summed E-state index contributed by atoms with van der Waals surface area (Å²) in [5.74, 6) is -0.483. The molecule has 3 aromatic rings. The Morgan fingerprint density at radius 3 is 2.85 bits per heavy atom. The first kappa shape index (κ1) is 13.0. The molecule has 2 N–H and O–H groups in total. The van der Waals surface area contributed by atoms with Crippen molar-refractivity contribution in [2.45, 2.75) is 0 Å². The standard InChI is InChI=1S/C15H10ClNO2S/c16-10-1-3-13(18)12(8-10)15(19)17-11-2-4-14-9(7-11)5-6-20-14/h1-8,18H,(H,17,19). The Labute approximate surface area is 124 Å². The first-order valence-corrected chi connectivity index (χ1v) is 7.16. The SMILES string of the molecule is O=C(Nc1ccc2sccc2c1)c1cc(Cl)ccc1O. The lowest BCUT2D eigenvalue weighted by atomic mass is 10.1. The first-order valence-electron chi connectivity index (χ1n) is 5.90. The third-order valence-corrected chi connectivity index (χ3v) is 4.05. The predicted octanol–water partition coefficient (Wildman–Crippen LogP) is 4.51. The molecule has 0 aliphatic rings. The van der Waals surface area contributed by atoms with Gasteiger partial charge in [0.2, 0.25) is 0 Å². The maximum absolute atomic E-state index is 12.1. The second kappa shape index (κ2) is 5.15. The average molecular weight is 304 g/mol. The van der Waals surface area contributed by atoms with E-state index in [1.807, 2.05) is 29.6 Å². The highest BCUT2D eigenvalue weighted by Crippen LogP contribution is 2.26. The van der Waals surface area contributed by atoms with E-state index >= 15 is 0 Å². The Bertz CT molecular complexity index is 797. The molecule has 0 aliphatic carbocycles. The van der Waals surface area contributed by atoms with Crippen LogP contribution in [0, 0.1) is 0 Å². The van der Waals surface area contributed by atoms with Crippen molar-refractivity contribution in [2.75, 3.05) is 5.32 Å². The van der Waals surface area contributed by atoms with E-state index in [1.165, 1.54) is 18.2 Å². The number of aromatic hydroxyl groups is 1. The quantitative estimate of drug-likeness (QED) is 0.731. The molecule has 0 fully saturated rings. The molecule has 20 heavy (non-hydrogen) atoms. The van der Waals surface area contributed by atoms with Crippen LogP contribution in [0.3, 0.4) is 0 Å². The van der Waals surface area contributed by atoms with E-state index in [0.717, 1.165) is 10.1 Å². The summed E-state index contributed by atoms with van der Waals surface area (Å²) in [5.41, 5.74) is 0.836. The summed E-state index contributed by atoms with van der Waals surface area (Å²) in [7, 11) is 0. The van der Waals surface area contributed by atoms with Crippen molar-refractivity contribution in [1.82, 2.24) is 0 Å². The number of nitrogens with one attached hydrogen (secondary N) is 1. The number of hydrogen-bond donors (Lipinski definition) is 2. The summed E-state index contributed by atoms with van der Waals surface area (Å²) in [6, 6.07) is 12.0. The molecule has 0 aliphatic heterocycles. The van der Waals surface area contributed by atoms with Crippen LogP contribution >= 0.6 is 22.9 Å². The number of hydrogen-bond acceptors (Lipinski definition) is 3. The van der Waals surface area contributed by atoms with Gasteiger partial charge in [-0.15, -0.1) is 11.3 Å². The number of fused-ring (bicyclic) bond motifs is 1. The Morgan fingerprint density at radius 2 is 2.00 bits per heavy atom. The molecule has 0 spiro atoms. The van der Waals surface area contributed by atoms with Crippen LogP contribution in [0.2, 0.25) is 5.02 Å². The van der Waals surface area contributed by atoms with Crippen molar-refractivity contribution in [3.8, 4) is 5.75 Å². The number of phenols is 1. The molecule has 5 heteroatoms. The number of carbonyl (C=O) groups excluding carboxylic acids is 1. The van der Waals surface area contributed by atoms with Gasteiger partial charge in [-0.25, -0.2) is 0 Å². The highest BCUT2D eigenvalue weighted by atomic mass is 35.5. The van der Waals surface area contributed by atoms with Crippen molar-refractivity contribution < 1.29 is 9.90 Å². The summed E-state index contributed by atoms with van der Waals surface area (Å²) < 4.78 is 1.16. The minimum atomic E-state index is -0.389. The number of phenolic OH excluding ortho intramolecular Hbond substituents is 1. The number of carbonyl (C=O) groups is 1. The number of rotatable bonds is 2. The lowest BCUT2D eigenvalue weighted by Crippen LogP contribution is -2.11. The van der Waals surface area contributed by atoms with Crippen LogP contribution in [0.15, 0.2) is 47.8 Å². The summed E-state index contributed by atoms with van der Waals surface area (Å²) in [6.45, 7) is 0. The van der Waals surface area contributed by atoms with Crippen LogP contribution in [-0.4, -0.2) is 11.0 Å². The molecule has 1 aromatic heterocycles. The van der Waals surface area contributed by atoms with Crippen LogP contribution in [0.4, 0.5) is 5.69 Å². The van der Waals surface area contributed by atoms with Gasteiger partial charge in [0.1, 0.15) is 5.75 Å². The van der Waals surface area contributed by atoms with Crippen LogP contribution in [0.25, 0.3) is 10.1 Å². The fraction of sp³-hybridized carbons (Fsp3) is 0. The van der Waals surface area contributed by atoms with E-state index in [0.29, 0.717) is 10.7 Å². The van der Waals surface area contributed by atoms with Gasteiger partial charge in [0.25, 0.3) is 5.91 Å². The first-order chi connectivity index (χ1) is 9.63. The third kappa shape index (κ3) is 2.48. The van der Waals surface area contributed by atoms with Gasteiger partial charge < -0.3 is 10.4 Å². The fourth-order valence-electron chi connectivity index (χ4n) is 1.93. The van der Waals surface area contributed by atoms with Gasteiger partial charge >= 0.3 is 0 Å². The van der Waals surface area contributed by atoms with Gasteiger partial charge in [-0.05, 0) is 53.2 Å². The smallest absolute Gasteiger partial charge is 0.259 e. The highest BCUT2D eigenvalue weighted by molar-refractivity contribution is 7.17. The monoisotopic (exact) mass is 303 g/mol. The van der Waals surface area contributed by atoms with Gasteiger partial charge in [0.05, 0.1) is 5.56 Å². The second-order valence-corrected chi connectivity index (χ2v) is 5.67. The van der Waals surface area contributed by atoms with Gasteiger partial charge in [-0.1, -0.05) is 11.6 Å². The van der Waals surface area contributed by atoms with Crippen molar-refractivity contribution in [2.24, 2.45) is 0 Å². The average Bonchev–Trinajstić information content (AvgIpc) is 2.89. The van der Waals surface area contributed by atoms with E-state index in [1.54, 1.807) is 11.3 Å². The number of anilines is 1. The third-order valence-electron chi connectivity index (χ3n) is 2.91. The molecule has 3 rings (SSSR count). The van der Waals surface area contributed by atoms with Crippen LogP contribution in [0.5, 0.6) is 5.75 Å². The highest BCUT2D eigenvalue weighted by Gasteiger charge is 2.12. The van der Waals surface area contributed by atoms with Crippen LogP contribution in [0.1, 0.15) is 10.4 Å². The largest absolute Gasteiger partial charge is 0.507 e. The zero-order chi connectivity index (χ0) is 14.1. The molecule has 0 unspecified atom stereocenters. The number of halogens is 1. The molecule has 1 heterocycles. The predicted molar refractivity (Wildman–Crippen MR) is 82.9 cm³/mol. The molecule has 2 aromatic carbocycles. The van der Waals surface area contributed by atoms with Gasteiger partial charge in [0, 0.05) is 15.4 Å². The van der Waals surface area contributed by atoms with E-state index < -0.39 is 0 Å². The summed E-state index contributed by atoms with van der Waals surface area (Å²) in [5, 5.41) is 15.9. The van der Waals surface area contributed by atoms with Crippen molar-refractivity contribution in [1.29, 1.82) is 0 Å². The molecule has 100 valence electrons. The van der Waals surface area contributed by atoms with E-state index in [9.17, 15) is 9.90 Å². The lowest BCUT2D eigenvalue weighted by molar-refractivity contribution is 0.102. The Balaban J connectivity index is 1.89. The fourth-order valence-corrected chi connectivity index (χ4v) is 2.88. The van der Waals surface area contributed by atoms with E-state index in [4.69, 9.17) is 11.6 Å². The summed E-state index contributed by atoms with van der Waals surface area (Å²) >= 11 is 7.48. The number of amides is 1. The normalized spacial score (nSPS) is 10.7. The van der Waals surface area contributed by atoms with Crippen molar-refractivity contribution in [3.05, 3.63) is 58.4 Å². The maximum Gasteiger partial charge on any atom is 0.259 e. The minimum Gasteiger partial charge on any atom is -0.507 e.